The molecule has 158 valence electrons. The van der Waals surface area contributed by atoms with Crippen LogP contribution in [0.3, 0.4) is 0 Å². The van der Waals surface area contributed by atoms with Crippen LogP contribution in [0.15, 0.2) is 48.5 Å². The Morgan fingerprint density at radius 2 is 1.58 bits per heavy atom. The topological polar surface area (TPSA) is 80.8 Å². The number of carbonyl (C=O) groups excluding carboxylic acids is 4. The van der Waals surface area contributed by atoms with Gasteiger partial charge in [-0.05, 0) is 73.6 Å². The maximum atomic E-state index is 13.0. The summed E-state index contributed by atoms with van der Waals surface area (Å²) in [6.07, 6.45) is 2.98. The van der Waals surface area contributed by atoms with E-state index in [-0.39, 0.29) is 35.0 Å². The Labute approximate surface area is 184 Å². The molecule has 7 heteroatoms. The summed E-state index contributed by atoms with van der Waals surface area (Å²) in [4.78, 5) is 51.9. The van der Waals surface area contributed by atoms with Crippen molar-refractivity contribution in [3.63, 3.8) is 0 Å². The molecule has 3 aliphatic rings. The summed E-state index contributed by atoms with van der Waals surface area (Å²) < 4.78 is 5.15. The van der Waals surface area contributed by atoms with E-state index in [4.69, 9.17) is 16.3 Å². The predicted octanol–water partition coefficient (Wildman–Crippen LogP) is 3.92. The number of halogens is 1. The second-order valence-electron chi connectivity index (χ2n) is 8.45. The molecule has 6 nitrogen and oxygen atoms in total. The molecule has 2 aromatic rings. The summed E-state index contributed by atoms with van der Waals surface area (Å²) in [7, 11) is 0. The van der Waals surface area contributed by atoms with Gasteiger partial charge in [-0.3, -0.25) is 19.3 Å². The van der Waals surface area contributed by atoms with Crippen molar-refractivity contribution in [3.05, 3.63) is 64.7 Å². The van der Waals surface area contributed by atoms with Gasteiger partial charge < -0.3 is 4.74 Å². The van der Waals surface area contributed by atoms with Gasteiger partial charge in [0.1, 0.15) is 0 Å². The first-order chi connectivity index (χ1) is 14.9. The van der Waals surface area contributed by atoms with Crippen LogP contribution in [0.5, 0.6) is 0 Å². The van der Waals surface area contributed by atoms with Crippen molar-refractivity contribution in [1.29, 1.82) is 0 Å². The van der Waals surface area contributed by atoms with Gasteiger partial charge >= 0.3 is 5.97 Å². The number of carbonyl (C=O) groups is 4. The molecular formula is C24H20ClNO5. The zero-order valence-electron chi connectivity index (χ0n) is 16.6. The first-order valence-corrected chi connectivity index (χ1v) is 10.8. The van der Waals surface area contributed by atoms with E-state index < -0.39 is 12.6 Å². The number of rotatable bonds is 5. The number of benzene rings is 2. The van der Waals surface area contributed by atoms with Crippen LogP contribution in [0.1, 0.15) is 40.0 Å². The van der Waals surface area contributed by atoms with Crippen LogP contribution < -0.4 is 4.90 Å². The Morgan fingerprint density at radius 1 is 0.935 bits per heavy atom. The molecule has 0 radical (unpaired) electrons. The van der Waals surface area contributed by atoms with E-state index in [1.54, 1.807) is 36.4 Å². The van der Waals surface area contributed by atoms with Gasteiger partial charge in [-0.25, -0.2) is 4.79 Å². The van der Waals surface area contributed by atoms with Crippen molar-refractivity contribution < 1.29 is 23.9 Å². The standard InChI is InChI=1S/C24H20ClNO5/c25-17-8-6-13(7-9-17)19(27)12-31-24(30)16-2-1-3-18(11-16)26-22(28)20-14-4-5-15(10-14)21(20)23(26)29/h1-3,6-9,11,14-15,20-21H,4-5,10,12H2/t14-,15+,20-,21+. The molecule has 0 aromatic heterocycles. The zero-order valence-corrected chi connectivity index (χ0v) is 17.4. The molecule has 2 amide bonds. The highest BCUT2D eigenvalue weighted by Crippen LogP contribution is 2.56. The summed E-state index contributed by atoms with van der Waals surface area (Å²) in [6.45, 7) is -0.417. The normalized spacial score (nSPS) is 26.3. The highest BCUT2D eigenvalue weighted by molar-refractivity contribution is 6.30. The van der Waals surface area contributed by atoms with Gasteiger partial charge in [0, 0.05) is 10.6 Å². The fraction of sp³-hybridized carbons (Fsp3) is 0.333. The Hall–Kier alpha value is -2.99. The number of hydrogen-bond donors (Lipinski definition) is 0. The van der Waals surface area contributed by atoms with Crippen LogP contribution in [0, 0.1) is 23.7 Å². The molecule has 0 spiro atoms. The predicted molar refractivity (Wildman–Crippen MR) is 113 cm³/mol. The Kier molecular flexibility index (Phi) is 4.89. The van der Waals surface area contributed by atoms with Crippen LogP contribution in [0.4, 0.5) is 5.69 Å². The lowest BCUT2D eigenvalue weighted by molar-refractivity contribution is -0.123. The third kappa shape index (κ3) is 3.35. The van der Waals surface area contributed by atoms with Gasteiger partial charge in [-0.15, -0.1) is 0 Å². The molecule has 2 aliphatic carbocycles. The maximum absolute atomic E-state index is 13.0. The van der Waals surface area contributed by atoms with E-state index in [1.807, 2.05) is 0 Å². The van der Waals surface area contributed by atoms with Crippen molar-refractivity contribution in [1.82, 2.24) is 0 Å². The molecule has 31 heavy (non-hydrogen) atoms. The van der Waals surface area contributed by atoms with Crippen molar-refractivity contribution in [2.24, 2.45) is 23.7 Å². The minimum Gasteiger partial charge on any atom is -0.454 e. The van der Waals surface area contributed by atoms with Crippen LogP contribution in [0.2, 0.25) is 5.02 Å². The first-order valence-electron chi connectivity index (χ1n) is 10.4. The van der Waals surface area contributed by atoms with E-state index in [0.717, 1.165) is 19.3 Å². The number of ketones is 1. The minimum atomic E-state index is -0.691. The maximum Gasteiger partial charge on any atom is 0.338 e. The van der Waals surface area contributed by atoms with Gasteiger partial charge in [0.15, 0.2) is 12.4 Å². The molecule has 1 heterocycles. The SMILES string of the molecule is O=C(COC(=O)c1cccc(N2C(=O)[C@@H]3[C@@H]4CC[C@@H](C4)[C@@H]3C2=O)c1)c1ccc(Cl)cc1. The fourth-order valence-electron chi connectivity index (χ4n) is 5.37. The van der Waals surface area contributed by atoms with Crippen molar-refractivity contribution in [2.75, 3.05) is 11.5 Å². The van der Waals surface area contributed by atoms with Crippen LogP contribution >= 0.6 is 11.6 Å². The van der Waals surface area contributed by atoms with Crippen molar-refractivity contribution >= 4 is 40.9 Å². The lowest BCUT2D eigenvalue weighted by atomic mass is 9.81. The lowest BCUT2D eigenvalue weighted by Crippen LogP contribution is -2.32. The van der Waals surface area contributed by atoms with Crippen LogP contribution in [0.25, 0.3) is 0 Å². The van der Waals surface area contributed by atoms with Gasteiger partial charge in [-0.1, -0.05) is 17.7 Å². The number of amides is 2. The molecule has 2 bridgehead atoms. The number of anilines is 1. The number of nitrogens with zero attached hydrogens (tertiary/aromatic N) is 1. The third-order valence-corrected chi connectivity index (χ3v) is 7.02. The number of hydrogen-bond acceptors (Lipinski definition) is 5. The van der Waals surface area contributed by atoms with Crippen molar-refractivity contribution in [3.8, 4) is 0 Å². The van der Waals surface area contributed by atoms with Gasteiger partial charge in [0.25, 0.3) is 0 Å². The number of esters is 1. The summed E-state index contributed by atoms with van der Waals surface area (Å²) in [5, 5.41) is 0.508. The minimum absolute atomic E-state index is 0.161. The summed E-state index contributed by atoms with van der Waals surface area (Å²) in [5.41, 5.74) is 0.949. The molecule has 1 saturated heterocycles. The molecule has 5 rings (SSSR count). The number of imide groups is 1. The van der Waals surface area contributed by atoms with Gasteiger partial charge in [0.2, 0.25) is 11.8 Å². The quantitative estimate of drug-likeness (QED) is 0.402. The molecular weight excluding hydrogens is 418 g/mol. The van der Waals surface area contributed by atoms with Crippen molar-refractivity contribution in [2.45, 2.75) is 19.3 Å². The molecule has 0 unspecified atom stereocenters. The molecule has 2 saturated carbocycles. The first kappa shape index (κ1) is 19.9. The Balaban J connectivity index is 1.29. The zero-order chi connectivity index (χ0) is 21.7. The van der Waals surface area contributed by atoms with E-state index in [9.17, 15) is 19.2 Å². The van der Waals surface area contributed by atoms with Crippen LogP contribution in [-0.4, -0.2) is 30.2 Å². The van der Waals surface area contributed by atoms with E-state index in [0.29, 0.717) is 28.1 Å². The molecule has 0 N–H and O–H groups in total. The van der Waals surface area contributed by atoms with E-state index in [2.05, 4.69) is 0 Å². The van der Waals surface area contributed by atoms with E-state index >= 15 is 0 Å². The number of ether oxygens (including phenoxy) is 1. The summed E-state index contributed by atoms with van der Waals surface area (Å²) in [6, 6.07) is 12.6. The molecule has 4 atom stereocenters. The average molecular weight is 438 g/mol. The van der Waals surface area contributed by atoms with Crippen LogP contribution in [-0.2, 0) is 14.3 Å². The highest BCUT2D eigenvalue weighted by atomic mass is 35.5. The molecule has 1 aliphatic heterocycles. The average Bonchev–Trinajstić information content (AvgIpc) is 3.46. The Morgan fingerprint density at radius 3 is 2.23 bits per heavy atom. The molecule has 2 aromatic carbocycles. The lowest BCUT2D eigenvalue weighted by Gasteiger charge is -2.19. The second kappa shape index (κ2) is 7.61. The second-order valence-corrected chi connectivity index (χ2v) is 8.89. The highest BCUT2D eigenvalue weighted by Gasteiger charge is 2.61. The number of Topliss-reactive ketones (excluding diaryl/α,β-unsaturated/α-hetero) is 1. The monoisotopic (exact) mass is 437 g/mol. The van der Waals surface area contributed by atoms with E-state index in [1.165, 1.54) is 17.0 Å². The fourth-order valence-corrected chi connectivity index (χ4v) is 5.49. The molecule has 3 fully saturated rings. The Bertz CT molecular complexity index is 1070. The summed E-state index contributed by atoms with van der Waals surface area (Å²) >= 11 is 5.81. The number of fused-ring (bicyclic) bond motifs is 5. The van der Waals surface area contributed by atoms with Gasteiger partial charge in [0.05, 0.1) is 23.1 Å². The summed E-state index contributed by atoms with van der Waals surface area (Å²) in [5.74, 6) is -1.22. The largest absolute Gasteiger partial charge is 0.454 e. The smallest absolute Gasteiger partial charge is 0.338 e. The van der Waals surface area contributed by atoms with Gasteiger partial charge in [-0.2, -0.15) is 0 Å². The third-order valence-electron chi connectivity index (χ3n) is 6.77.